The maximum absolute atomic E-state index is 11.9. The molecular weight excluding hydrogens is 344 g/mol. The molecule has 0 spiro atoms. The third-order valence-corrected chi connectivity index (χ3v) is 4.44. The minimum absolute atomic E-state index is 0.0918. The van der Waals surface area contributed by atoms with Gasteiger partial charge in [-0.05, 0) is 25.0 Å². The molecule has 22 heavy (non-hydrogen) atoms. The lowest BCUT2D eigenvalue weighted by Crippen LogP contribution is -2.32. The highest BCUT2D eigenvalue weighted by Crippen LogP contribution is 2.24. The Hall–Kier alpha value is -1.62. The van der Waals surface area contributed by atoms with Crippen molar-refractivity contribution in [1.29, 1.82) is 0 Å². The highest BCUT2D eigenvalue weighted by molar-refractivity contribution is 9.10. The second-order valence-corrected chi connectivity index (χ2v) is 6.59. The van der Waals surface area contributed by atoms with Gasteiger partial charge in [0.1, 0.15) is 0 Å². The molecule has 0 radical (unpaired) electrons. The molecule has 0 unspecified atom stereocenters. The van der Waals surface area contributed by atoms with Gasteiger partial charge in [-0.25, -0.2) is 4.98 Å². The molecule has 3 rings (SSSR count). The number of rotatable bonds is 5. The van der Waals surface area contributed by atoms with Crippen LogP contribution in [-0.2, 0) is 11.2 Å². The van der Waals surface area contributed by atoms with Crippen LogP contribution in [0.25, 0.3) is 11.3 Å². The molecule has 0 atom stereocenters. The molecule has 1 N–H and O–H groups in total. The zero-order chi connectivity index (χ0) is 15.4. The van der Waals surface area contributed by atoms with Crippen LogP contribution in [0.2, 0.25) is 0 Å². The number of halogens is 1. The minimum Gasteiger partial charge on any atom is -0.441 e. The fraction of sp³-hybridized carbons (Fsp3) is 0.412. The molecule has 1 aromatic heterocycles. The fourth-order valence-corrected chi connectivity index (χ4v) is 3.19. The minimum atomic E-state index is 0.0918. The summed E-state index contributed by atoms with van der Waals surface area (Å²) in [6.07, 6.45) is 7.34. The van der Waals surface area contributed by atoms with E-state index in [0.29, 0.717) is 24.8 Å². The van der Waals surface area contributed by atoms with E-state index in [1.165, 1.54) is 12.8 Å². The first-order valence-corrected chi connectivity index (χ1v) is 8.50. The van der Waals surface area contributed by atoms with E-state index in [9.17, 15) is 4.79 Å². The first-order chi connectivity index (χ1) is 10.7. The molecule has 0 saturated heterocycles. The monoisotopic (exact) mass is 362 g/mol. The van der Waals surface area contributed by atoms with Crippen molar-refractivity contribution in [3.8, 4) is 11.3 Å². The molecule has 1 saturated carbocycles. The van der Waals surface area contributed by atoms with E-state index in [1.807, 2.05) is 24.3 Å². The molecule has 1 amide bonds. The van der Waals surface area contributed by atoms with E-state index in [-0.39, 0.29) is 5.91 Å². The van der Waals surface area contributed by atoms with E-state index in [2.05, 4.69) is 26.2 Å². The second kappa shape index (κ2) is 7.09. The smallest absolute Gasteiger partial charge is 0.220 e. The molecule has 0 aliphatic heterocycles. The molecule has 1 aromatic carbocycles. The maximum atomic E-state index is 11.9. The van der Waals surface area contributed by atoms with Crippen LogP contribution in [-0.4, -0.2) is 16.9 Å². The van der Waals surface area contributed by atoms with Gasteiger partial charge in [0.25, 0.3) is 0 Å². The van der Waals surface area contributed by atoms with Crippen molar-refractivity contribution in [3.63, 3.8) is 0 Å². The summed E-state index contributed by atoms with van der Waals surface area (Å²) in [6, 6.07) is 8.25. The topological polar surface area (TPSA) is 55.1 Å². The van der Waals surface area contributed by atoms with Gasteiger partial charge < -0.3 is 9.73 Å². The van der Waals surface area contributed by atoms with Crippen LogP contribution in [0, 0.1) is 0 Å². The molecular formula is C17H19BrN2O2. The van der Waals surface area contributed by atoms with Crippen molar-refractivity contribution < 1.29 is 9.21 Å². The van der Waals surface area contributed by atoms with Crippen LogP contribution < -0.4 is 5.32 Å². The third kappa shape index (κ3) is 3.97. The van der Waals surface area contributed by atoms with Crippen LogP contribution in [0.4, 0.5) is 0 Å². The number of amides is 1. The number of carbonyl (C=O) groups excluding carboxylic acids is 1. The number of aromatic nitrogens is 1. The molecule has 1 aliphatic carbocycles. The normalized spacial score (nSPS) is 15.1. The summed E-state index contributed by atoms with van der Waals surface area (Å²) in [4.78, 5) is 16.2. The van der Waals surface area contributed by atoms with Crippen molar-refractivity contribution >= 4 is 21.8 Å². The molecule has 1 heterocycles. The van der Waals surface area contributed by atoms with Crippen molar-refractivity contribution in [2.24, 2.45) is 0 Å². The molecule has 2 aromatic rings. The number of carbonyl (C=O) groups is 1. The summed E-state index contributed by atoms with van der Waals surface area (Å²) in [5, 5.41) is 3.08. The lowest BCUT2D eigenvalue weighted by atomic mass is 10.2. The highest BCUT2D eigenvalue weighted by atomic mass is 79.9. The third-order valence-electron chi connectivity index (χ3n) is 3.95. The van der Waals surface area contributed by atoms with Crippen molar-refractivity contribution in [2.75, 3.05) is 0 Å². The molecule has 1 aliphatic rings. The van der Waals surface area contributed by atoms with Gasteiger partial charge >= 0.3 is 0 Å². The largest absolute Gasteiger partial charge is 0.441 e. The Bertz CT molecular complexity index is 648. The van der Waals surface area contributed by atoms with Crippen LogP contribution in [0.15, 0.2) is 39.4 Å². The first kappa shape index (κ1) is 15.3. The fourth-order valence-electron chi connectivity index (χ4n) is 2.79. The van der Waals surface area contributed by atoms with Crippen LogP contribution in [0.3, 0.4) is 0 Å². The van der Waals surface area contributed by atoms with Gasteiger partial charge in [-0.1, -0.05) is 40.9 Å². The Morgan fingerprint density at radius 2 is 2.18 bits per heavy atom. The number of aryl methyl sites for hydroxylation is 1. The Morgan fingerprint density at radius 3 is 2.95 bits per heavy atom. The van der Waals surface area contributed by atoms with Gasteiger partial charge in [0.2, 0.25) is 5.91 Å². The van der Waals surface area contributed by atoms with E-state index >= 15 is 0 Å². The van der Waals surface area contributed by atoms with Crippen LogP contribution >= 0.6 is 15.9 Å². The van der Waals surface area contributed by atoms with Crippen molar-refractivity contribution in [3.05, 3.63) is 40.8 Å². The number of nitrogens with zero attached hydrogens (tertiary/aromatic N) is 1. The number of oxazole rings is 1. The summed E-state index contributed by atoms with van der Waals surface area (Å²) >= 11 is 3.44. The van der Waals surface area contributed by atoms with E-state index < -0.39 is 0 Å². The van der Waals surface area contributed by atoms with Crippen LogP contribution in [0.5, 0.6) is 0 Å². The average Bonchev–Trinajstić information content (AvgIpc) is 3.16. The van der Waals surface area contributed by atoms with Crippen molar-refractivity contribution in [1.82, 2.24) is 10.3 Å². The number of hydrogen-bond donors (Lipinski definition) is 1. The zero-order valence-electron chi connectivity index (χ0n) is 12.3. The van der Waals surface area contributed by atoms with E-state index in [0.717, 1.165) is 28.6 Å². The summed E-state index contributed by atoms with van der Waals surface area (Å²) in [6.45, 7) is 0. The zero-order valence-corrected chi connectivity index (χ0v) is 13.9. The first-order valence-electron chi connectivity index (χ1n) is 7.71. The molecule has 116 valence electrons. The second-order valence-electron chi connectivity index (χ2n) is 5.68. The van der Waals surface area contributed by atoms with E-state index in [1.54, 1.807) is 6.20 Å². The molecule has 1 fully saturated rings. The van der Waals surface area contributed by atoms with Crippen molar-refractivity contribution in [2.45, 2.75) is 44.6 Å². The van der Waals surface area contributed by atoms with Gasteiger partial charge in [-0.15, -0.1) is 0 Å². The number of hydrogen-bond acceptors (Lipinski definition) is 3. The predicted molar refractivity (Wildman–Crippen MR) is 88.4 cm³/mol. The predicted octanol–water partition coefficient (Wildman–Crippen LogP) is 4.10. The summed E-state index contributed by atoms with van der Waals surface area (Å²) in [5.74, 6) is 1.43. The molecule has 4 nitrogen and oxygen atoms in total. The number of benzene rings is 1. The Labute approximate surface area is 138 Å². The summed E-state index contributed by atoms with van der Waals surface area (Å²) in [5.41, 5.74) is 0.975. The standard InChI is InChI=1S/C17H19BrN2O2/c18-13-5-3-4-12(10-13)15-11-19-17(22-15)9-8-16(21)20-14-6-1-2-7-14/h3-5,10-11,14H,1-2,6-9H2,(H,20,21). The summed E-state index contributed by atoms with van der Waals surface area (Å²) in [7, 11) is 0. The quantitative estimate of drug-likeness (QED) is 0.870. The molecule has 5 heteroatoms. The Kier molecular flexibility index (Phi) is 4.93. The lowest BCUT2D eigenvalue weighted by molar-refractivity contribution is -0.121. The SMILES string of the molecule is O=C(CCc1ncc(-c2cccc(Br)c2)o1)NC1CCCC1. The number of nitrogens with one attached hydrogen (secondary N) is 1. The average molecular weight is 363 g/mol. The Morgan fingerprint density at radius 1 is 1.36 bits per heavy atom. The van der Waals surface area contributed by atoms with Gasteiger partial charge in [-0.3, -0.25) is 4.79 Å². The lowest BCUT2D eigenvalue weighted by Gasteiger charge is -2.10. The molecule has 0 bridgehead atoms. The van der Waals surface area contributed by atoms with Crippen LogP contribution in [0.1, 0.15) is 38.0 Å². The van der Waals surface area contributed by atoms with Gasteiger partial charge in [0.15, 0.2) is 11.7 Å². The maximum Gasteiger partial charge on any atom is 0.220 e. The van der Waals surface area contributed by atoms with Gasteiger partial charge in [0.05, 0.1) is 6.20 Å². The van der Waals surface area contributed by atoms with E-state index in [4.69, 9.17) is 4.42 Å². The van der Waals surface area contributed by atoms with Gasteiger partial charge in [-0.2, -0.15) is 0 Å². The summed E-state index contributed by atoms with van der Waals surface area (Å²) < 4.78 is 6.73. The van der Waals surface area contributed by atoms with Gasteiger partial charge in [0, 0.05) is 28.9 Å². The Balaban J connectivity index is 1.54. The highest BCUT2D eigenvalue weighted by Gasteiger charge is 2.17.